The summed E-state index contributed by atoms with van der Waals surface area (Å²) in [5, 5.41) is 21.3. The van der Waals surface area contributed by atoms with Crippen LogP contribution in [0.4, 0.5) is 8.78 Å². The van der Waals surface area contributed by atoms with Crippen molar-refractivity contribution in [1.82, 2.24) is 5.32 Å². The summed E-state index contributed by atoms with van der Waals surface area (Å²) in [4.78, 5) is 0. The highest BCUT2D eigenvalue weighted by Crippen LogP contribution is 2.36. The Morgan fingerprint density at radius 1 is 1.21 bits per heavy atom. The number of methoxy groups -OCH3 is 2. The molecular weight excluding hydrogens is 260 g/mol. The van der Waals surface area contributed by atoms with E-state index in [1.165, 1.54) is 14.2 Å². The minimum Gasteiger partial charge on any atom is -0.502 e. The Morgan fingerprint density at radius 3 is 2.16 bits per heavy atom. The third-order valence-corrected chi connectivity index (χ3v) is 2.51. The fourth-order valence-electron chi connectivity index (χ4n) is 1.50. The van der Waals surface area contributed by atoms with Gasteiger partial charge in [0.1, 0.15) is 6.10 Å². The Bertz CT molecular complexity index is 390. The van der Waals surface area contributed by atoms with Gasteiger partial charge in [0.2, 0.25) is 5.75 Å². The number of aliphatic hydroxyl groups is 1. The molecule has 19 heavy (non-hydrogen) atoms. The number of rotatable bonds is 7. The molecule has 0 spiro atoms. The number of halogens is 2. The van der Waals surface area contributed by atoms with Gasteiger partial charge < -0.3 is 25.0 Å². The highest BCUT2D eigenvalue weighted by Gasteiger charge is 2.16. The first kappa shape index (κ1) is 15.5. The summed E-state index contributed by atoms with van der Waals surface area (Å²) in [7, 11) is 2.79. The second-order valence-corrected chi connectivity index (χ2v) is 3.88. The van der Waals surface area contributed by atoms with E-state index in [0.717, 1.165) is 0 Å². The van der Waals surface area contributed by atoms with Crippen molar-refractivity contribution in [2.24, 2.45) is 0 Å². The smallest absolute Gasteiger partial charge is 0.265 e. The van der Waals surface area contributed by atoms with Crippen molar-refractivity contribution in [3.63, 3.8) is 0 Å². The van der Waals surface area contributed by atoms with E-state index in [4.69, 9.17) is 14.6 Å². The average Bonchev–Trinajstić information content (AvgIpc) is 2.39. The number of nitrogens with one attached hydrogen (secondary N) is 1. The van der Waals surface area contributed by atoms with Crippen molar-refractivity contribution < 1.29 is 28.5 Å². The van der Waals surface area contributed by atoms with E-state index in [0.29, 0.717) is 5.56 Å². The quantitative estimate of drug-likeness (QED) is 0.697. The summed E-state index contributed by atoms with van der Waals surface area (Å²) in [6.45, 7) is -0.0000456. The first-order valence-corrected chi connectivity index (χ1v) is 5.60. The minimum absolute atomic E-state index is 0.124. The van der Waals surface area contributed by atoms with Gasteiger partial charge in [-0.3, -0.25) is 0 Å². The lowest BCUT2D eigenvalue weighted by molar-refractivity contribution is -0.00341. The zero-order valence-corrected chi connectivity index (χ0v) is 10.7. The van der Waals surface area contributed by atoms with E-state index in [1.807, 2.05) is 0 Å². The molecule has 0 amide bonds. The summed E-state index contributed by atoms with van der Waals surface area (Å²) >= 11 is 0. The van der Waals surface area contributed by atoms with Crippen LogP contribution in [-0.4, -0.2) is 43.5 Å². The van der Waals surface area contributed by atoms with E-state index < -0.39 is 12.5 Å². The van der Waals surface area contributed by atoms with E-state index in [2.05, 4.69) is 5.32 Å². The topological polar surface area (TPSA) is 71.0 Å². The standard InChI is InChI=1S/C12H17F2NO4/c1-18-9-3-7(4-10(19-2)11(9)17)5-15-6-8(16)12(13)14/h3-4,8,12,15-17H,5-6H2,1-2H3. The molecule has 0 bridgehead atoms. The van der Waals surface area contributed by atoms with Gasteiger partial charge in [-0.1, -0.05) is 0 Å². The molecule has 0 aliphatic rings. The minimum atomic E-state index is -2.78. The first-order valence-electron chi connectivity index (χ1n) is 5.60. The van der Waals surface area contributed by atoms with E-state index in [-0.39, 0.29) is 30.3 Å². The summed E-state index contributed by atoms with van der Waals surface area (Å²) in [5.41, 5.74) is 0.674. The van der Waals surface area contributed by atoms with Crippen molar-refractivity contribution in [3.05, 3.63) is 17.7 Å². The third-order valence-electron chi connectivity index (χ3n) is 2.51. The maximum atomic E-state index is 12.1. The van der Waals surface area contributed by atoms with Crippen molar-refractivity contribution in [1.29, 1.82) is 0 Å². The Balaban J connectivity index is 2.68. The molecule has 0 aromatic heterocycles. The Morgan fingerprint density at radius 2 is 1.74 bits per heavy atom. The molecule has 0 saturated carbocycles. The Labute approximate surface area is 109 Å². The molecule has 1 rings (SSSR count). The first-order chi connectivity index (χ1) is 8.99. The van der Waals surface area contributed by atoms with Crippen molar-refractivity contribution >= 4 is 0 Å². The van der Waals surface area contributed by atoms with E-state index >= 15 is 0 Å². The number of phenols is 1. The number of ether oxygens (including phenoxy) is 2. The van der Waals surface area contributed by atoms with Crippen LogP contribution in [0.3, 0.4) is 0 Å². The van der Waals surface area contributed by atoms with Crippen molar-refractivity contribution in [2.75, 3.05) is 20.8 Å². The third kappa shape index (κ3) is 4.22. The van der Waals surface area contributed by atoms with Crippen molar-refractivity contribution in [3.8, 4) is 17.2 Å². The number of phenolic OH excluding ortho intramolecular Hbond substituents is 1. The molecule has 0 saturated heterocycles. The molecule has 5 nitrogen and oxygen atoms in total. The van der Waals surface area contributed by atoms with Gasteiger partial charge in [-0.15, -0.1) is 0 Å². The van der Waals surface area contributed by atoms with Crippen LogP contribution in [0.15, 0.2) is 12.1 Å². The molecule has 7 heteroatoms. The van der Waals surface area contributed by atoms with Gasteiger partial charge in [0.05, 0.1) is 14.2 Å². The highest BCUT2D eigenvalue weighted by atomic mass is 19.3. The molecule has 1 unspecified atom stereocenters. The monoisotopic (exact) mass is 277 g/mol. The SMILES string of the molecule is COc1cc(CNCC(O)C(F)F)cc(OC)c1O. The van der Waals surface area contributed by atoms with Gasteiger partial charge in [-0.2, -0.15) is 0 Å². The lowest BCUT2D eigenvalue weighted by Gasteiger charge is -2.13. The molecule has 0 heterocycles. The van der Waals surface area contributed by atoms with Crippen LogP contribution in [0.25, 0.3) is 0 Å². The predicted octanol–water partition coefficient (Wildman–Crippen LogP) is 1.12. The van der Waals surface area contributed by atoms with Crippen LogP contribution < -0.4 is 14.8 Å². The molecule has 0 radical (unpaired) electrons. The average molecular weight is 277 g/mol. The van der Waals surface area contributed by atoms with Gasteiger partial charge in [0.15, 0.2) is 11.5 Å². The molecular formula is C12H17F2NO4. The van der Waals surface area contributed by atoms with Crippen LogP contribution in [-0.2, 0) is 6.54 Å². The Kier molecular flexibility index (Phi) is 5.78. The van der Waals surface area contributed by atoms with Crippen LogP contribution in [0, 0.1) is 0 Å². The summed E-state index contributed by atoms with van der Waals surface area (Å²) in [5.74, 6) is 0.331. The van der Waals surface area contributed by atoms with Gasteiger partial charge in [-0.25, -0.2) is 8.78 Å². The normalized spacial score (nSPS) is 12.5. The zero-order valence-electron chi connectivity index (χ0n) is 10.7. The summed E-state index contributed by atoms with van der Waals surface area (Å²) in [6.07, 6.45) is -4.49. The predicted molar refractivity (Wildman–Crippen MR) is 64.9 cm³/mol. The number of aliphatic hydroxyl groups excluding tert-OH is 1. The maximum Gasteiger partial charge on any atom is 0.265 e. The number of benzene rings is 1. The van der Waals surface area contributed by atoms with E-state index in [9.17, 15) is 13.9 Å². The largest absolute Gasteiger partial charge is 0.502 e. The molecule has 3 N–H and O–H groups in total. The second-order valence-electron chi connectivity index (χ2n) is 3.88. The second kappa shape index (κ2) is 7.10. The molecule has 0 fully saturated rings. The number of hydrogen-bond acceptors (Lipinski definition) is 5. The lowest BCUT2D eigenvalue weighted by atomic mass is 10.1. The van der Waals surface area contributed by atoms with Gasteiger partial charge in [0.25, 0.3) is 6.43 Å². The van der Waals surface area contributed by atoms with E-state index in [1.54, 1.807) is 12.1 Å². The van der Waals surface area contributed by atoms with Gasteiger partial charge >= 0.3 is 0 Å². The molecule has 0 aliphatic heterocycles. The molecule has 0 aliphatic carbocycles. The maximum absolute atomic E-state index is 12.1. The van der Waals surface area contributed by atoms with Gasteiger partial charge in [-0.05, 0) is 17.7 Å². The molecule has 1 atom stereocenters. The lowest BCUT2D eigenvalue weighted by Crippen LogP contribution is -2.31. The number of aromatic hydroxyl groups is 1. The molecule has 1 aromatic carbocycles. The molecule has 1 aromatic rings. The Hall–Kier alpha value is -1.60. The van der Waals surface area contributed by atoms with Crippen molar-refractivity contribution in [2.45, 2.75) is 19.1 Å². The highest BCUT2D eigenvalue weighted by molar-refractivity contribution is 5.52. The van der Waals surface area contributed by atoms with Gasteiger partial charge in [0, 0.05) is 13.1 Å². The molecule has 108 valence electrons. The van der Waals surface area contributed by atoms with Crippen LogP contribution >= 0.6 is 0 Å². The summed E-state index contributed by atoms with van der Waals surface area (Å²) < 4.78 is 34.1. The fourth-order valence-corrected chi connectivity index (χ4v) is 1.50. The zero-order chi connectivity index (χ0) is 14.4. The van der Waals surface area contributed by atoms with Crippen LogP contribution in [0.5, 0.6) is 17.2 Å². The summed E-state index contributed by atoms with van der Waals surface area (Å²) in [6, 6.07) is 3.11. The number of alkyl halides is 2. The number of hydrogen-bond donors (Lipinski definition) is 3. The fraction of sp³-hybridized carbons (Fsp3) is 0.500. The van der Waals surface area contributed by atoms with Crippen LogP contribution in [0.1, 0.15) is 5.56 Å². The van der Waals surface area contributed by atoms with Crippen LogP contribution in [0.2, 0.25) is 0 Å².